The van der Waals surface area contributed by atoms with Crippen molar-refractivity contribution in [2.45, 2.75) is 130 Å². The normalized spacial score (nSPS) is 17.9. The van der Waals surface area contributed by atoms with Gasteiger partial charge in [0.05, 0.1) is 88.0 Å². The lowest BCUT2D eigenvalue weighted by Gasteiger charge is -2.41. The van der Waals surface area contributed by atoms with Crippen LogP contribution in [-0.4, -0.2) is 161 Å². The predicted molar refractivity (Wildman–Crippen MR) is 263 cm³/mol. The topological polar surface area (TPSA) is 172 Å². The Morgan fingerprint density at radius 1 is 0.836 bits per heavy atom. The van der Waals surface area contributed by atoms with Crippen molar-refractivity contribution in [2.75, 3.05) is 87.7 Å². The van der Waals surface area contributed by atoms with Gasteiger partial charge in [0.1, 0.15) is 5.78 Å². The first-order chi connectivity index (χ1) is 32.1. The molecule has 16 heteroatoms. The highest BCUT2D eigenvalue weighted by molar-refractivity contribution is 7.09. The molecular formula is C51H85N5O10S. The fraction of sp³-hybridized carbons (Fsp3) is 0.745. The molecule has 0 aliphatic carbocycles. The van der Waals surface area contributed by atoms with Gasteiger partial charge in [0.15, 0.2) is 5.78 Å². The zero-order valence-corrected chi connectivity index (χ0v) is 43.4. The van der Waals surface area contributed by atoms with E-state index in [1.807, 2.05) is 75.0 Å². The molecule has 2 aromatic rings. The third-order valence-corrected chi connectivity index (χ3v) is 14.5. The van der Waals surface area contributed by atoms with Gasteiger partial charge in [0.2, 0.25) is 11.8 Å². The Labute approximate surface area is 406 Å². The van der Waals surface area contributed by atoms with Crippen molar-refractivity contribution >= 4 is 34.7 Å². The lowest BCUT2D eigenvalue weighted by Crippen LogP contribution is -2.54. The summed E-state index contributed by atoms with van der Waals surface area (Å²) < 4.78 is 28.9. The molecule has 1 aliphatic rings. The minimum atomic E-state index is -0.608. The fourth-order valence-electron chi connectivity index (χ4n) is 9.68. The van der Waals surface area contributed by atoms with Crippen LogP contribution in [-0.2, 0) is 54.1 Å². The molecule has 3 rings (SSSR count). The summed E-state index contributed by atoms with van der Waals surface area (Å²) in [6.45, 7) is 18.1. The number of carbonyl (C=O) groups excluding carboxylic acids is 4. The van der Waals surface area contributed by atoms with Crippen molar-refractivity contribution < 1.29 is 47.7 Å². The van der Waals surface area contributed by atoms with Gasteiger partial charge in [-0.15, -0.1) is 11.3 Å². The van der Waals surface area contributed by atoms with Crippen LogP contribution < -0.4 is 5.90 Å². The van der Waals surface area contributed by atoms with E-state index in [2.05, 4.69) is 35.8 Å². The molecule has 2 heterocycles. The second-order valence-electron chi connectivity index (χ2n) is 18.9. The number of Topliss-reactive ketones (excluding diaryl/α,β-unsaturated/α-hetero) is 2. The third-order valence-electron chi connectivity index (χ3n) is 13.6. The van der Waals surface area contributed by atoms with Crippen molar-refractivity contribution in [3.63, 3.8) is 0 Å². The van der Waals surface area contributed by atoms with E-state index in [4.69, 9.17) is 29.6 Å². The van der Waals surface area contributed by atoms with E-state index in [9.17, 15) is 19.2 Å². The van der Waals surface area contributed by atoms with Crippen LogP contribution in [0, 0.1) is 29.6 Å². The molecule has 9 atom stereocenters. The number of likely N-dealkylation sites (N-methyl/N-ethyl adjacent to an activating group) is 2. The molecule has 0 unspecified atom stereocenters. The number of benzene rings is 1. The molecular weight excluding hydrogens is 875 g/mol. The molecule has 67 heavy (non-hydrogen) atoms. The summed E-state index contributed by atoms with van der Waals surface area (Å²) in [5.74, 6) is 3.64. The SMILES string of the molecule is CC[C@H](C)[C@@H]([C@@H](CC(=O)N1CCC[C@H]1[C@H](OC)[C@@H](C)C(=O)C[C@@H](Cc1ccccc1)c1nccs1)OC)N(C)C(=O)[C@@H](CC(=O)[C@H](C(C)C)N(C)CCOCCOCCOCCON)C(C)C. The fourth-order valence-corrected chi connectivity index (χ4v) is 10.4. The van der Waals surface area contributed by atoms with Gasteiger partial charge in [-0.3, -0.25) is 24.1 Å². The number of amides is 2. The van der Waals surface area contributed by atoms with Crippen LogP contribution in [0.4, 0.5) is 0 Å². The third kappa shape index (κ3) is 18.3. The number of carbonyl (C=O) groups is 4. The maximum absolute atomic E-state index is 14.7. The average molecular weight is 960 g/mol. The highest BCUT2D eigenvalue weighted by atomic mass is 32.1. The number of likely N-dealkylation sites (tertiary alicyclic amines) is 1. The number of methoxy groups -OCH3 is 2. The minimum absolute atomic E-state index is 0.00950. The quantitative estimate of drug-likeness (QED) is 0.0589. The van der Waals surface area contributed by atoms with Crippen molar-refractivity contribution in [1.82, 2.24) is 19.7 Å². The Bertz CT molecular complexity index is 1700. The summed E-state index contributed by atoms with van der Waals surface area (Å²) in [5.41, 5.74) is 1.15. The molecule has 1 aromatic carbocycles. The van der Waals surface area contributed by atoms with Gasteiger partial charge >= 0.3 is 0 Å². The second-order valence-corrected chi connectivity index (χ2v) is 19.8. The number of hydrogen-bond donors (Lipinski definition) is 1. The Kier molecular flexibility index (Phi) is 27.0. The first-order valence-corrected chi connectivity index (χ1v) is 25.3. The summed E-state index contributed by atoms with van der Waals surface area (Å²) in [7, 11) is 6.94. The van der Waals surface area contributed by atoms with Crippen LogP contribution in [0.3, 0.4) is 0 Å². The van der Waals surface area contributed by atoms with E-state index in [0.29, 0.717) is 72.2 Å². The van der Waals surface area contributed by atoms with Gasteiger partial charge in [-0.1, -0.05) is 85.2 Å². The largest absolute Gasteiger partial charge is 0.379 e. The molecule has 0 saturated carbocycles. The number of nitrogens with zero attached hydrogens (tertiary/aromatic N) is 4. The Morgan fingerprint density at radius 3 is 2.03 bits per heavy atom. The molecule has 2 amide bonds. The highest BCUT2D eigenvalue weighted by Crippen LogP contribution is 2.33. The molecule has 1 saturated heterocycles. The van der Waals surface area contributed by atoms with E-state index in [0.717, 1.165) is 29.8 Å². The number of ether oxygens (including phenoxy) is 5. The van der Waals surface area contributed by atoms with Crippen LogP contribution >= 0.6 is 11.3 Å². The van der Waals surface area contributed by atoms with Gasteiger partial charge in [-0.2, -0.15) is 0 Å². The molecule has 0 spiro atoms. The van der Waals surface area contributed by atoms with Crippen molar-refractivity contribution in [3.05, 3.63) is 52.5 Å². The van der Waals surface area contributed by atoms with Crippen LogP contribution in [0.2, 0.25) is 0 Å². The van der Waals surface area contributed by atoms with E-state index in [1.165, 1.54) is 0 Å². The molecule has 1 aromatic heterocycles. The first-order valence-electron chi connectivity index (χ1n) is 24.5. The molecule has 0 bridgehead atoms. The number of hydrogen-bond acceptors (Lipinski definition) is 14. The average Bonchev–Trinajstić information content (AvgIpc) is 4.03. The lowest BCUT2D eigenvalue weighted by atomic mass is 9.83. The summed E-state index contributed by atoms with van der Waals surface area (Å²) in [6.07, 6.45) is 4.11. The van der Waals surface area contributed by atoms with Gasteiger partial charge in [-0.05, 0) is 49.6 Å². The van der Waals surface area contributed by atoms with E-state index >= 15 is 0 Å². The number of nitrogens with two attached hydrogens (primary N) is 1. The highest BCUT2D eigenvalue weighted by Gasteiger charge is 2.43. The van der Waals surface area contributed by atoms with Crippen LogP contribution in [0.15, 0.2) is 41.9 Å². The maximum atomic E-state index is 14.7. The predicted octanol–water partition coefficient (Wildman–Crippen LogP) is 6.48. The van der Waals surface area contributed by atoms with Crippen molar-refractivity contribution in [1.29, 1.82) is 0 Å². The van der Waals surface area contributed by atoms with Crippen LogP contribution in [0.1, 0.15) is 103 Å². The molecule has 380 valence electrons. The Hall–Kier alpha value is -3.19. The molecule has 1 aliphatic heterocycles. The minimum Gasteiger partial charge on any atom is -0.379 e. The second kappa shape index (κ2) is 31.1. The van der Waals surface area contributed by atoms with Crippen LogP contribution in [0.5, 0.6) is 0 Å². The van der Waals surface area contributed by atoms with Gasteiger partial charge < -0.3 is 38.3 Å². The van der Waals surface area contributed by atoms with E-state index in [1.54, 1.807) is 43.7 Å². The summed E-state index contributed by atoms with van der Waals surface area (Å²) in [4.78, 5) is 72.2. The monoisotopic (exact) mass is 960 g/mol. The smallest absolute Gasteiger partial charge is 0.226 e. The Balaban J connectivity index is 1.68. The van der Waals surface area contributed by atoms with Crippen LogP contribution in [0.25, 0.3) is 0 Å². The molecule has 2 N–H and O–H groups in total. The van der Waals surface area contributed by atoms with E-state index < -0.39 is 36.1 Å². The zero-order valence-electron chi connectivity index (χ0n) is 42.6. The number of rotatable bonds is 35. The van der Waals surface area contributed by atoms with Crippen molar-refractivity contribution in [3.8, 4) is 0 Å². The Morgan fingerprint density at radius 2 is 1.48 bits per heavy atom. The zero-order chi connectivity index (χ0) is 49.5. The van der Waals surface area contributed by atoms with Gasteiger partial charge in [0.25, 0.3) is 0 Å². The lowest BCUT2D eigenvalue weighted by molar-refractivity contribution is -0.149. The van der Waals surface area contributed by atoms with Crippen molar-refractivity contribution in [2.24, 2.45) is 35.5 Å². The molecule has 15 nitrogen and oxygen atoms in total. The van der Waals surface area contributed by atoms with Gasteiger partial charge in [-0.25, -0.2) is 10.9 Å². The van der Waals surface area contributed by atoms with Gasteiger partial charge in [0, 0.05) is 76.5 Å². The molecule has 1 fully saturated rings. The number of thiazole rings is 1. The summed E-state index contributed by atoms with van der Waals surface area (Å²) in [6, 6.07) is 9.05. The standard InChI is InChI=1S/C51H85N5O10S/c1-12-37(6)48(55(9)51(60)41(35(2)3)33-44(58)47(36(4)5)54(8)22-23-63-24-25-64-26-27-65-28-29-66-52)45(61-10)34-46(59)56-21-16-19-42(56)49(62-11)38(7)43(57)32-40(50-53-20-30-67-50)31-39-17-14-13-15-18-39/h13-15,17-18,20,30,35-38,40-42,45,47-49H,12,16,19,21-29,31-34,52H2,1-11H3/t37-,38-,40+,41-,42-,45+,47-,48-,49+/m0/s1. The first kappa shape index (κ1) is 58.1. The maximum Gasteiger partial charge on any atom is 0.226 e. The summed E-state index contributed by atoms with van der Waals surface area (Å²) in [5, 5.41) is 2.88. The summed E-state index contributed by atoms with van der Waals surface area (Å²) >= 11 is 1.57. The number of ketones is 2. The molecule has 0 radical (unpaired) electrons. The number of aromatic nitrogens is 1. The van der Waals surface area contributed by atoms with E-state index in [-0.39, 0.29) is 65.9 Å².